The molecule has 0 radical (unpaired) electrons. The average molecular weight is 244 g/mol. The first kappa shape index (κ1) is 11.8. The summed E-state index contributed by atoms with van der Waals surface area (Å²) in [5, 5.41) is 3.65. The molecule has 2 nitrogen and oxygen atoms in total. The van der Waals surface area contributed by atoms with Gasteiger partial charge in [0, 0.05) is 24.7 Å². The van der Waals surface area contributed by atoms with E-state index in [0.717, 1.165) is 13.1 Å². The Morgan fingerprint density at radius 1 is 1.29 bits per heavy atom. The third-order valence-corrected chi connectivity index (χ3v) is 4.73. The van der Waals surface area contributed by atoms with Crippen LogP contribution in [0.1, 0.15) is 32.6 Å². The topological polar surface area (TPSA) is 15.3 Å². The Morgan fingerprint density at radius 2 is 2.00 bits per heavy atom. The van der Waals surface area contributed by atoms with Crippen LogP contribution < -0.4 is 5.32 Å². The monoisotopic (exact) mass is 244 g/mol. The SMILES string of the molecule is CC1(C2CC2)CN(CC(F)F)C(C2CC2)CN1. The third-order valence-electron chi connectivity index (χ3n) is 4.73. The maximum atomic E-state index is 12.7. The van der Waals surface area contributed by atoms with Crippen LogP contribution in [0.4, 0.5) is 8.78 Å². The lowest BCUT2D eigenvalue weighted by molar-refractivity contribution is 0.0116. The van der Waals surface area contributed by atoms with Gasteiger partial charge in [0.1, 0.15) is 0 Å². The molecular weight excluding hydrogens is 222 g/mol. The van der Waals surface area contributed by atoms with Gasteiger partial charge in [-0.2, -0.15) is 0 Å². The smallest absolute Gasteiger partial charge is 0.251 e. The number of alkyl halides is 2. The Morgan fingerprint density at radius 3 is 2.53 bits per heavy atom. The van der Waals surface area contributed by atoms with Crippen molar-refractivity contribution in [2.45, 2.75) is 50.6 Å². The van der Waals surface area contributed by atoms with Crippen LogP contribution in [-0.4, -0.2) is 42.5 Å². The van der Waals surface area contributed by atoms with Crippen LogP contribution in [0.15, 0.2) is 0 Å². The lowest BCUT2D eigenvalue weighted by atomic mass is 9.90. The summed E-state index contributed by atoms with van der Waals surface area (Å²) in [6.45, 7) is 3.89. The number of piperazine rings is 1. The summed E-state index contributed by atoms with van der Waals surface area (Å²) < 4.78 is 25.4. The summed E-state index contributed by atoms with van der Waals surface area (Å²) in [5.74, 6) is 1.38. The zero-order valence-electron chi connectivity index (χ0n) is 10.5. The van der Waals surface area contributed by atoms with Gasteiger partial charge in [-0.05, 0) is 44.4 Å². The Bertz CT molecular complexity index is 289. The number of hydrogen-bond acceptors (Lipinski definition) is 2. The van der Waals surface area contributed by atoms with Gasteiger partial charge in [0.25, 0.3) is 6.43 Å². The van der Waals surface area contributed by atoms with Crippen molar-refractivity contribution in [3.05, 3.63) is 0 Å². The van der Waals surface area contributed by atoms with Gasteiger partial charge in [0.05, 0.1) is 6.54 Å². The van der Waals surface area contributed by atoms with E-state index in [1.54, 1.807) is 0 Å². The minimum Gasteiger partial charge on any atom is -0.308 e. The van der Waals surface area contributed by atoms with Gasteiger partial charge in [0.2, 0.25) is 0 Å². The molecule has 3 aliphatic rings. The van der Waals surface area contributed by atoms with Gasteiger partial charge in [-0.25, -0.2) is 8.78 Å². The first-order chi connectivity index (χ1) is 8.08. The minimum atomic E-state index is -2.20. The molecule has 17 heavy (non-hydrogen) atoms. The molecule has 2 atom stereocenters. The quantitative estimate of drug-likeness (QED) is 0.814. The van der Waals surface area contributed by atoms with Crippen LogP contribution in [0.2, 0.25) is 0 Å². The molecule has 1 aliphatic heterocycles. The van der Waals surface area contributed by atoms with E-state index in [1.165, 1.54) is 25.7 Å². The highest BCUT2D eigenvalue weighted by molar-refractivity contribution is 5.06. The van der Waals surface area contributed by atoms with E-state index in [9.17, 15) is 8.78 Å². The van der Waals surface area contributed by atoms with Crippen LogP contribution in [0, 0.1) is 11.8 Å². The fourth-order valence-electron chi connectivity index (χ4n) is 3.38. The van der Waals surface area contributed by atoms with Gasteiger partial charge in [-0.1, -0.05) is 0 Å². The van der Waals surface area contributed by atoms with E-state index in [0.29, 0.717) is 17.9 Å². The summed E-state index contributed by atoms with van der Waals surface area (Å²) in [6, 6.07) is 0.357. The molecule has 2 aliphatic carbocycles. The van der Waals surface area contributed by atoms with Crippen molar-refractivity contribution in [1.82, 2.24) is 10.2 Å². The van der Waals surface area contributed by atoms with Crippen molar-refractivity contribution in [2.24, 2.45) is 11.8 Å². The standard InChI is InChI=1S/C13H22F2N2/c1-13(10-4-5-10)8-17(7-12(14)15)11(6-16-13)9-2-3-9/h9-12,16H,2-8H2,1H3. The van der Waals surface area contributed by atoms with Crippen molar-refractivity contribution in [3.8, 4) is 0 Å². The van der Waals surface area contributed by atoms with Crippen molar-refractivity contribution >= 4 is 0 Å². The van der Waals surface area contributed by atoms with Crippen LogP contribution in [0.3, 0.4) is 0 Å². The average Bonchev–Trinajstić information content (AvgIpc) is 3.11. The van der Waals surface area contributed by atoms with E-state index < -0.39 is 6.43 Å². The Kier molecular flexibility index (Phi) is 2.90. The fraction of sp³-hybridized carbons (Fsp3) is 1.00. The molecule has 98 valence electrons. The molecule has 2 unspecified atom stereocenters. The molecule has 0 bridgehead atoms. The Labute approximate surface area is 102 Å². The van der Waals surface area contributed by atoms with E-state index in [4.69, 9.17) is 0 Å². The first-order valence-corrected chi connectivity index (χ1v) is 6.86. The molecule has 0 spiro atoms. The van der Waals surface area contributed by atoms with E-state index in [1.807, 2.05) is 0 Å². The molecule has 3 fully saturated rings. The van der Waals surface area contributed by atoms with E-state index in [2.05, 4.69) is 17.1 Å². The highest BCUT2D eigenvalue weighted by atomic mass is 19.3. The molecule has 1 saturated heterocycles. The number of nitrogens with one attached hydrogen (secondary N) is 1. The van der Waals surface area contributed by atoms with Gasteiger partial charge in [-0.3, -0.25) is 4.90 Å². The highest BCUT2D eigenvalue weighted by Gasteiger charge is 2.48. The van der Waals surface area contributed by atoms with Crippen molar-refractivity contribution < 1.29 is 8.78 Å². The van der Waals surface area contributed by atoms with Gasteiger partial charge >= 0.3 is 0 Å². The fourth-order valence-corrected chi connectivity index (χ4v) is 3.38. The van der Waals surface area contributed by atoms with Crippen LogP contribution in [0.25, 0.3) is 0 Å². The molecule has 0 amide bonds. The highest BCUT2D eigenvalue weighted by Crippen LogP contribution is 2.44. The minimum absolute atomic E-state index is 0.0366. The molecule has 0 aromatic carbocycles. The van der Waals surface area contributed by atoms with Gasteiger partial charge in [-0.15, -0.1) is 0 Å². The summed E-state index contributed by atoms with van der Waals surface area (Å²) in [5.41, 5.74) is 0.0836. The molecule has 2 saturated carbocycles. The zero-order valence-corrected chi connectivity index (χ0v) is 10.5. The predicted molar refractivity (Wildman–Crippen MR) is 63.2 cm³/mol. The summed E-state index contributed by atoms with van der Waals surface area (Å²) in [6.07, 6.45) is 2.79. The molecule has 1 N–H and O–H groups in total. The van der Waals surface area contributed by atoms with E-state index >= 15 is 0 Å². The molecular formula is C13H22F2N2. The Hall–Kier alpha value is -0.220. The number of nitrogens with zero attached hydrogens (tertiary/aromatic N) is 1. The second-order valence-corrected chi connectivity index (χ2v) is 6.30. The summed E-state index contributed by atoms with van der Waals surface area (Å²) in [7, 11) is 0. The maximum absolute atomic E-state index is 12.7. The zero-order chi connectivity index (χ0) is 12.0. The second-order valence-electron chi connectivity index (χ2n) is 6.30. The van der Waals surface area contributed by atoms with Crippen LogP contribution >= 0.6 is 0 Å². The lowest BCUT2D eigenvalue weighted by Gasteiger charge is -2.47. The van der Waals surface area contributed by atoms with Gasteiger partial charge in [0.15, 0.2) is 0 Å². The van der Waals surface area contributed by atoms with Crippen LogP contribution in [-0.2, 0) is 0 Å². The van der Waals surface area contributed by atoms with Gasteiger partial charge < -0.3 is 5.32 Å². The molecule has 3 rings (SSSR count). The molecule has 4 heteroatoms. The first-order valence-electron chi connectivity index (χ1n) is 6.86. The van der Waals surface area contributed by atoms with E-state index in [-0.39, 0.29) is 12.1 Å². The van der Waals surface area contributed by atoms with Crippen molar-refractivity contribution in [2.75, 3.05) is 19.6 Å². The molecule has 0 aromatic rings. The largest absolute Gasteiger partial charge is 0.308 e. The number of halogens is 2. The lowest BCUT2D eigenvalue weighted by Crippen LogP contribution is -2.65. The molecule has 1 heterocycles. The second kappa shape index (κ2) is 4.16. The third kappa shape index (κ3) is 2.48. The van der Waals surface area contributed by atoms with Crippen molar-refractivity contribution in [1.29, 1.82) is 0 Å². The number of rotatable bonds is 4. The van der Waals surface area contributed by atoms with Crippen LogP contribution in [0.5, 0.6) is 0 Å². The maximum Gasteiger partial charge on any atom is 0.251 e. The normalized spacial score (nSPS) is 39.9. The number of hydrogen-bond donors (Lipinski definition) is 1. The molecule has 0 aromatic heterocycles. The van der Waals surface area contributed by atoms with Crippen molar-refractivity contribution in [3.63, 3.8) is 0 Å². The summed E-state index contributed by atoms with van der Waals surface area (Å²) in [4.78, 5) is 2.07. The predicted octanol–water partition coefficient (Wildman–Crippen LogP) is 2.10. The summed E-state index contributed by atoms with van der Waals surface area (Å²) >= 11 is 0. The Balaban J connectivity index is 1.68.